The zero-order chi connectivity index (χ0) is 15.3. The quantitative estimate of drug-likeness (QED) is 0.835. The third-order valence-corrected chi connectivity index (χ3v) is 5.62. The van der Waals surface area contributed by atoms with Gasteiger partial charge in [-0.1, -0.05) is 20.3 Å². The highest BCUT2D eigenvalue weighted by molar-refractivity contribution is 4.86. The molecule has 0 aromatic carbocycles. The number of hydrogen-bond acceptors (Lipinski definition) is 4. The molecule has 0 aromatic rings. The second-order valence-corrected chi connectivity index (χ2v) is 7.16. The van der Waals surface area contributed by atoms with Crippen LogP contribution in [0.15, 0.2) is 0 Å². The SMILES string of the molecule is CCC(O)(CC)CN1CCCC[C@H](N2CCN(C)CC2)C1. The molecule has 4 nitrogen and oxygen atoms in total. The van der Waals surface area contributed by atoms with Crippen LogP contribution in [-0.4, -0.2) is 84.3 Å². The number of hydrogen-bond donors (Lipinski definition) is 1. The fraction of sp³-hybridized carbons (Fsp3) is 1.00. The Bertz CT molecular complexity index is 298. The normalized spacial score (nSPS) is 27.7. The molecule has 0 spiro atoms. The number of likely N-dealkylation sites (N-methyl/N-ethyl adjacent to an activating group) is 1. The summed E-state index contributed by atoms with van der Waals surface area (Å²) in [6, 6.07) is 0.694. The second-order valence-electron chi connectivity index (χ2n) is 7.16. The maximum Gasteiger partial charge on any atom is 0.0768 e. The molecule has 2 aliphatic heterocycles. The number of likely N-dealkylation sites (tertiary alicyclic amines) is 1. The molecule has 2 rings (SSSR count). The Labute approximate surface area is 131 Å². The van der Waals surface area contributed by atoms with Gasteiger partial charge in [-0.05, 0) is 39.3 Å². The molecular weight excluding hydrogens is 262 g/mol. The molecule has 2 heterocycles. The van der Waals surface area contributed by atoms with E-state index in [1.807, 2.05) is 0 Å². The average molecular weight is 297 g/mol. The van der Waals surface area contributed by atoms with Gasteiger partial charge in [-0.15, -0.1) is 0 Å². The first-order chi connectivity index (χ1) is 10.1. The van der Waals surface area contributed by atoms with Gasteiger partial charge in [0.25, 0.3) is 0 Å². The van der Waals surface area contributed by atoms with Gasteiger partial charge < -0.3 is 10.0 Å². The monoisotopic (exact) mass is 297 g/mol. The lowest BCUT2D eigenvalue weighted by Crippen LogP contribution is -2.53. The van der Waals surface area contributed by atoms with Crippen LogP contribution in [0.1, 0.15) is 46.0 Å². The van der Waals surface area contributed by atoms with Crippen LogP contribution in [0, 0.1) is 0 Å². The molecule has 0 amide bonds. The van der Waals surface area contributed by atoms with Gasteiger partial charge in [0, 0.05) is 45.3 Å². The van der Waals surface area contributed by atoms with Crippen molar-refractivity contribution in [3.8, 4) is 0 Å². The summed E-state index contributed by atoms with van der Waals surface area (Å²) in [7, 11) is 2.22. The molecule has 0 radical (unpaired) electrons. The van der Waals surface area contributed by atoms with Gasteiger partial charge in [0.1, 0.15) is 0 Å². The third-order valence-electron chi connectivity index (χ3n) is 5.62. The van der Waals surface area contributed by atoms with Crippen molar-refractivity contribution in [1.29, 1.82) is 0 Å². The molecule has 0 saturated carbocycles. The Hall–Kier alpha value is -0.160. The Kier molecular flexibility index (Phi) is 6.48. The zero-order valence-electron chi connectivity index (χ0n) is 14.4. The minimum absolute atomic E-state index is 0.489. The van der Waals surface area contributed by atoms with Gasteiger partial charge in [0.15, 0.2) is 0 Å². The van der Waals surface area contributed by atoms with Gasteiger partial charge in [0.05, 0.1) is 5.60 Å². The van der Waals surface area contributed by atoms with E-state index in [4.69, 9.17) is 0 Å². The van der Waals surface area contributed by atoms with E-state index in [0.717, 1.165) is 32.5 Å². The lowest BCUT2D eigenvalue weighted by atomic mass is 9.96. The molecule has 0 bridgehead atoms. The van der Waals surface area contributed by atoms with Crippen molar-refractivity contribution in [2.24, 2.45) is 0 Å². The van der Waals surface area contributed by atoms with Crippen molar-refractivity contribution in [3.05, 3.63) is 0 Å². The first-order valence-electron chi connectivity index (χ1n) is 8.93. The van der Waals surface area contributed by atoms with Gasteiger partial charge in [-0.2, -0.15) is 0 Å². The van der Waals surface area contributed by atoms with Crippen LogP contribution in [0.4, 0.5) is 0 Å². The van der Waals surface area contributed by atoms with Crippen LogP contribution >= 0.6 is 0 Å². The van der Waals surface area contributed by atoms with Gasteiger partial charge in [-0.3, -0.25) is 9.80 Å². The van der Waals surface area contributed by atoms with Crippen molar-refractivity contribution in [3.63, 3.8) is 0 Å². The summed E-state index contributed by atoms with van der Waals surface area (Å²) >= 11 is 0. The van der Waals surface area contributed by atoms with Crippen molar-refractivity contribution in [2.45, 2.75) is 57.6 Å². The summed E-state index contributed by atoms with van der Waals surface area (Å²) in [5, 5.41) is 10.6. The number of aliphatic hydroxyl groups is 1. The van der Waals surface area contributed by atoms with E-state index in [2.05, 4.69) is 35.6 Å². The predicted octanol–water partition coefficient (Wildman–Crippen LogP) is 1.64. The summed E-state index contributed by atoms with van der Waals surface area (Å²) < 4.78 is 0. The fourth-order valence-corrected chi connectivity index (χ4v) is 3.71. The standard InChI is InChI=1S/C17H35N3O/c1-4-17(21,5-2)15-19-9-7-6-8-16(14-19)20-12-10-18(3)11-13-20/h16,21H,4-15H2,1-3H3/t16-/m0/s1. The third kappa shape index (κ3) is 4.92. The first kappa shape index (κ1) is 17.2. The van der Waals surface area contributed by atoms with Crippen LogP contribution < -0.4 is 0 Å². The van der Waals surface area contributed by atoms with E-state index in [1.165, 1.54) is 45.4 Å². The van der Waals surface area contributed by atoms with Crippen LogP contribution in [0.3, 0.4) is 0 Å². The Morgan fingerprint density at radius 3 is 2.29 bits per heavy atom. The fourth-order valence-electron chi connectivity index (χ4n) is 3.71. The molecule has 4 heteroatoms. The van der Waals surface area contributed by atoms with Crippen LogP contribution in [0.5, 0.6) is 0 Å². The molecule has 2 aliphatic rings. The molecule has 0 unspecified atom stereocenters. The highest BCUT2D eigenvalue weighted by Crippen LogP contribution is 2.22. The van der Waals surface area contributed by atoms with Crippen LogP contribution in [0.25, 0.3) is 0 Å². The molecule has 21 heavy (non-hydrogen) atoms. The van der Waals surface area contributed by atoms with Crippen molar-refractivity contribution >= 4 is 0 Å². The summed E-state index contributed by atoms with van der Waals surface area (Å²) in [5.74, 6) is 0. The zero-order valence-corrected chi connectivity index (χ0v) is 14.4. The van der Waals surface area contributed by atoms with E-state index in [-0.39, 0.29) is 0 Å². The molecule has 0 aromatic heterocycles. The van der Waals surface area contributed by atoms with Gasteiger partial charge >= 0.3 is 0 Å². The van der Waals surface area contributed by atoms with Crippen molar-refractivity contribution < 1.29 is 5.11 Å². The van der Waals surface area contributed by atoms with E-state index in [1.54, 1.807) is 0 Å². The van der Waals surface area contributed by atoms with Crippen molar-refractivity contribution in [1.82, 2.24) is 14.7 Å². The minimum Gasteiger partial charge on any atom is -0.389 e. The summed E-state index contributed by atoms with van der Waals surface area (Å²) in [6.45, 7) is 12.2. The molecule has 2 saturated heterocycles. The van der Waals surface area contributed by atoms with E-state index in [9.17, 15) is 5.11 Å². The van der Waals surface area contributed by atoms with Crippen LogP contribution in [0.2, 0.25) is 0 Å². The predicted molar refractivity (Wildman–Crippen MR) is 88.7 cm³/mol. The molecule has 0 aliphatic carbocycles. The Balaban J connectivity index is 1.91. The molecular formula is C17H35N3O. The van der Waals surface area contributed by atoms with Crippen LogP contribution in [-0.2, 0) is 0 Å². The molecule has 1 atom stereocenters. The number of piperazine rings is 1. The summed E-state index contributed by atoms with van der Waals surface area (Å²) in [5.41, 5.74) is -0.489. The lowest BCUT2D eigenvalue weighted by molar-refractivity contribution is -0.0100. The smallest absolute Gasteiger partial charge is 0.0768 e. The second kappa shape index (κ2) is 7.91. The Morgan fingerprint density at radius 2 is 1.67 bits per heavy atom. The van der Waals surface area contributed by atoms with Crippen molar-refractivity contribution in [2.75, 3.05) is 52.9 Å². The largest absolute Gasteiger partial charge is 0.389 e. The first-order valence-corrected chi connectivity index (χ1v) is 8.93. The van der Waals surface area contributed by atoms with E-state index < -0.39 is 5.60 Å². The maximum atomic E-state index is 10.6. The number of rotatable bonds is 5. The number of nitrogens with zero attached hydrogens (tertiary/aromatic N) is 3. The highest BCUT2D eigenvalue weighted by Gasteiger charge is 2.30. The average Bonchev–Trinajstić information content (AvgIpc) is 2.73. The summed E-state index contributed by atoms with van der Waals surface area (Å²) in [6.07, 6.45) is 5.67. The van der Waals surface area contributed by atoms with Gasteiger partial charge in [-0.25, -0.2) is 0 Å². The molecule has 1 N–H and O–H groups in total. The molecule has 2 fully saturated rings. The Morgan fingerprint density at radius 1 is 1.00 bits per heavy atom. The topological polar surface area (TPSA) is 30.0 Å². The maximum absolute atomic E-state index is 10.6. The number of β-amino-alcohol motifs (C(OH)–C–C–N with tert-alkyl or cyclic N) is 1. The summed E-state index contributed by atoms with van der Waals surface area (Å²) in [4.78, 5) is 7.65. The molecule has 124 valence electrons. The minimum atomic E-state index is -0.489. The van der Waals surface area contributed by atoms with E-state index >= 15 is 0 Å². The van der Waals surface area contributed by atoms with Gasteiger partial charge in [0.2, 0.25) is 0 Å². The van der Waals surface area contributed by atoms with E-state index in [0.29, 0.717) is 6.04 Å². The lowest BCUT2D eigenvalue weighted by Gasteiger charge is -2.40. The highest BCUT2D eigenvalue weighted by atomic mass is 16.3.